The van der Waals surface area contributed by atoms with Crippen molar-refractivity contribution in [1.82, 2.24) is 14.9 Å². The average molecular weight is 251 g/mol. The molecule has 0 unspecified atom stereocenters. The van der Waals surface area contributed by atoms with Gasteiger partial charge in [-0.05, 0) is 33.1 Å². The lowest BCUT2D eigenvalue weighted by Crippen LogP contribution is -2.48. The Bertz CT molecular complexity index is 459. The molecule has 1 aliphatic heterocycles. The number of piperidine rings is 1. The number of hydrogen-bond acceptors (Lipinski definition) is 3. The molecule has 2 N–H and O–H groups in total. The third kappa shape index (κ3) is 2.10. The maximum Gasteiger partial charge on any atom is 0.354 e. The van der Waals surface area contributed by atoms with Crippen LogP contribution in [0.4, 0.5) is 0 Å². The molecule has 1 aromatic rings. The molecule has 1 aromatic heterocycles. The Hall–Kier alpha value is -1.85. The number of H-pyrrole nitrogens is 1. The van der Waals surface area contributed by atoms with E-state index < -0.39 is 5.97 Å². The third-order valence-electron chi connectivity index (χ3n) is 3.48. The second kappa shape index (κ2) is 4.80. The van der Waals surface area contributed by atoms with Crippen LogP contribution < -0.4 is 0 Å². The normalized spacial score (nSPS) is 24.0. The highest BCUT2D eigenvalue weighted by molar-refractivity contribution is 6.02. The Morgan fingerprint density at radius 1 is 1.39 bits per heavy atom. The molecule has 6 nitrogen and oxygen atoms in total. The topological polar surface area (TPSA) is 86.3 Å². The van der Waals surface area contributed by atoms with E-state index in [1.807, 2.05) is 13.8 Å². The number of carbonyl (C=O) groups excluding carboxylic acids is 1. The van der Waals surface area contributed by atoms with E-state index in [0.717, 1.165) is 19.3 Å². The fraction of sp³-hybridized carbons (Fsp3) is 0.583. The standard InChI is InChI=1S/C12H17N3O3/c1-7-4-3-5-8(2)15(7)11(16)9-10(12(17)18)14-6-13-9/h6-8H,3-5H2,1-2H3,(H,13,14)(H,17,18)/t7-,8+. The summed E-state index contributed by atoms with van der Waals surface area (Å²) in [6.07, 6.45) is 4.24. The fourth-order valence-corrected chi connectivity index (χ4v) is 2.56. The summed E-state index contributed by atoms with van der Waals surface area (Å²) < 4.78 is 0. The number of carboxylic acid groups (broad SMARTS) is 1. The predicted molar refractivity (Wildman–Crippen MR) is 64.5 cm³/mol. The van der Waals surface area contributed by atoms with Crippen LogP contribution in [0, 0.1) is 0 Å². The van der Waals surface area contributed by atoms with Crippen molar-refractivity contribution in [1.29, 1.82) is 0 Å². The molecule has 98 valence electrons. The number of nitrogens with zero attached hydrogens (tertiary/aromatic N) is 2. The van der Waals surface area contributed by atoms with Gasteiger partial charge < -0.3 is 15.0 Å². The number of likely N-dealkylation sites (tertiary alicyclic amines) is 1. The number of aromatic nitrogens is 2. The monoisotopic (exact) mass is 251 g/mol. The molecular formula is C12H17N3O3. The van der Waals surface area contributed by atoms with Crippen molar-refractivity contribution in [2.45, 2.75) is 45.2 Å². The van der Waals surface area contributed by atoms with Crippen LogP contribution in [0.2, 0.25) is 0 Å². The molecule has 0 aromatic carbocycles. The summed E-state index contributed by atoms with van der Waals surface area (Å²) in [5.74, 6) is -1.46. The van der Waals surface area contributed by atoms with Crippen molar-refractivity contribution in [2.75, 3.05) is 0 Å². The van der Waals surface area contributed by atoms with E-state index in [1.54, 1.807) is 4.90 Å². The van der Waals surface area contributed by atoms with E-state index in [9.17, 15) is 9.59 Å². The zero-order valence-corrected chi connectivity index (χ0v) is 10.5. The molecule has 2 rings (SSSR count). The summed E-state index contributed by atoms with van der Waals surface area (Å²) in [7, 11) is 0. The van der Waals surface area contributed by atoms with Crippen LogP contribution in [0.15, 0.2) is 6.33 Å². The maximum absolute atomic E-state index is 12.4. The number of aromatic carboxylic acids is 1. The zero-order valence-electron chi connectivity index (χ0n) is 10.5. The minimum atomic E-state index is -1.16. The number of imidazole rings is 1. The van der Waals surface area contributed by atoms with Crippen LogP contribution in [0.3, 0.4) is 0 Å². The molecule has 1 amide bonds. The second-order valence-electron chi connectivity index (χ2n) is 4.77. The first-order chi connectivity index (χ1) is 8.52. The first kappa shape index (κ1) is 12.6. The zero-order chi connectivity index (χ0) is 13.3. The van der Waals surface area contributed by atoms with Gasteiger partial charge in [0.05, 0.1) is 6.33 Å². The molecule has 1 aliphatic rings. The van der Waals surface area contributed by atoms with Gasteiger partial charge in [0.15, 0.2) is 11.4 Å². The molecule has 0 aliphatic carbocycles. The number of amides is 1. The molecule has 0 spiro atoms. The van der Waals surface area contributed by atoms with Gasteiger partial charge in [0, 0.05) is 12.1 Å². The van der Waals surface area contributed by atoms with Crippen LogP contribution >= 0.6 is 0 Å². The molecule has 6 heteroatoms. The maximum atomic E-state index is 12.4. The van der Waals surface area contributed by atoms with E-state index in [0.29, 0.717) is 0 Å². The number of aromatic amines is 1. The lowest BCUT2D eigenvalue weighted by Gasteiger charge is -2.38. The number of carbonyl (C=O) groups is 2. The summed E-state index contributed by atoms with van der Waals surface area (Å²) >= 11 is 0. The highest BCUT2D eigenvalue weighted by atomic mass is 16.4. The molecule has 2 atom stereocenters. The van der Waals surface area contributed by atoms with Crippen LogP contribution in [0.25, 0.3) is 0 Å². The van der Waals surface area contributed by atoms with Crippen molar-refractivity contribution in [3.05, 3.63) is 17.7 Å². The Balaban J connectivity index is 2.29. The lowest BCUT2D eigenvalue weighted by atomic mass is 9.97. The first-order valence-corrected chi connectivity index (χ1v) is 6.11. The predicted octanol–water partition coefficient (Wildman–Crippen LogP) is 1.51. The van der Waals surface area contributed by atoms with Gasteiger partial charge in [-0.2, -0.15) is 0 Å². The number of nitrogens with one attached hydrogen (secondary N) is 1. The van der Waals surface area contributed by atoms with E-state index in [1.165, 1.54) is 6.33 Å². The van der Waals surface area contributed by atoms with Gasteiger partial charge in [-0.1, -0.05) is 0 Å². The van der Waals surface area contributed by atoms with Crippen molar-refractivity contribution in [3.63, 3.8) is 0 Å². The third-order valence-corrected chi connectivity index (χ3v) is 3.48. The second-order valence-corrected chi connectivity index (χ2v) is 4.77. The van der Waals surface area contributed by atoms with E-state index in [-0.39, 0.29) is 29.4 Å². The minimum Gasteiger partial charge on any atom is -0.477 e. The summed E-state index contributed by atoms with van der Waals surface area (Å²) in [5.41, 5.74) is -0.131. The van der Waals surface area contributed by atoms with E-state index >= 15 is 0 Å². The van der Waals surface area contributed by atoms with Crippen LogP contribution in [-0.2, 0) is 0 Å². The van der Waals surface area contributed by atoms with E-state index in [4.69, 9.17) is 5.11 Å². The Morgan fingerprint density at radius 3 is 2.56 bits per heavy atom. The number of carboxylic acids is 1. The SMILES string of the molecule is C[C@@H]1CCC[C@H](C)N1C(=O)c1nc[nH]c1C(=O)O. The van der Waals surface area contributed by atoms with Gasteiger partial charge in [0.2, 0.25) is 0 Å². The average Bonchev–Trinajstić information content (AvgIpc) is 2.77. The van der Waals surface area contributed by atoms with Crippen molar-refractivity contribution in [2.24, 2.45) is 0 Å². The minimum absolute atomic E-state index is 0.00287. The first-order valence-electron chi connectivity index (χ1n) is 6.11. The van der Waals surface area contributed by atoms with Crippen LogP contribution in [0.1, 0.15) is 54.1 Å². The molecule has 0 saturated carbocycles. The summed E-state index contributed by atoms with van der Waals surface area (Å²) in [6.45, 7) is 3.97. The fourth-order valence-electron chi connectivity index (χ4n) is 2.56. The highest BCUT2D eigenvalue weighted by Gasteiger charge is 2.33. The summed E-state index contributed by atoms with van der Waals surface area (Å²) in [6, 6.07) is 0.249. The van der Waals surface area contributed by atoms with Gasteiger partial charge in [-0.15, -0.1) is 0 Å². The van der Waals surface area contributed by atoms with Crippen molar-refractivity contribution >= 4 is 11.9 Å². The number of rotatable bonds is 2. The van der Waals surface area contributed by atoms with E-state index in [2.05, 4.69) is 9.97 Å². The molecule has 1 fully saturated rings. The molecule has 18 heavy (non-hydrogen) atoms. The Labute approximate surface area is 105 Å². The largest absolute Gasteiger partial charge is 0.477 e. The smallest absolute Gasteiger partial charge is 0.354 e. The number of hydrogen-bond donors (Lipinski definition) is 2. The molecule has 0 bridgehead atoms. The van der Waals surface area contributed by atoms with Gasteiger partial charge in [-0.25, -0.2) is 9.78 Å². The van der Waals surface area contributed by atoms with Gasteiger partial charge in [0.25, 0.3) is 5.91 Å². The van der Waals surface area contributed by atoms with Crippen LogP contribution in [0.5, 0.6) is 0 Å². The Kier molecular flexibility index (Phi) is 3.36. The van der Waals surface area contributed by atoms with Gasteiger partial charge in [0.1, 0.15) is 0 Å². The Morgan fingerprint density at radius 2 is 2.00 bits per heavy atom. The lowest BCUT2D eigenvalue weighted by molar-refractivity contribution is 0.0495. The van der Waals surface area contributed by atoms with Crippen LogP contribution in [-0.4, -0.2) is 43.9 Å². The summed E-state index contributed by atoms with van der Waals surface area (Å²) in [4.78, 5) is 31.5. The van der Waals surface area contributed by atoms with Gasteiger partial charge in [-0.3, -0.25) is 4.79 Å². The molecule has 1 saturated heterocycles. The van der Waals surface area contributed by atoms with Crippen molar-refractivity contribution < 1.29 is 14.7 Å². The van der Waals surface area contributed by atoms with Crippen molar-refractivity contribution in [3.8, 4) is 0 Å². The quantitative estimate of drug-likeness (QED) is 0.834. The summed E-state index contributed by atoms with van der Waals surface area (Å²) in [5, 5.41) is 8.99. The van der Waals surface area contributed by atoms with Gasteiger partial charge >= 0.3 is 5.97 Å². The molecule has 2 heterocycles. The highest BCUT2D eigenvalue weighted by Crippen LogP contribution is 2.24. The molecule has 0 radical (unpaired) electrons. The molecular weight excluding hydrogens is 234 g/mol.